The zero-order valence-corrected chi connectivity index (χ0v) is 20.2. The first-order chi connectivity index (χ1) is 17.5. The summed E-state index contributed by atoms with van der Waals surface area (Å²) in [4.78, 5) is 40.1. The van der Waals surface area contributed by atoms with E-state index in [2.05, 4.69) is 5.32 Å². The average Bonchev–Trinajstić information content (AvgIpc) is 3.38. The van der Waals surface area contributed by atoms with Crippen molar-refractivity contribution in [2.75, 3.05) is 40.0 Å². The first-order valence-electron chi connectivity index (χ1n) is 12.5. The van der Waals surface area contributed by atoms with Crippen molar-refractivity contribution in [2.45, 2.75) is 43.4 Å². The van der Waals surface area contributed by atoms with E-state index in [4.69, 9.17) is 14.2 Å². The first kappa shape index (κ1) is 24.7. The van der Waals surface area contributed by atoms with Gasteiger partial charge in [0.25, 0.3) is 0 Å². The third kappa shape index (κ3) is 4.49. The predicted molar refractivity (Wildman–Crippen MR) is 127 cm³/mol. The Bertz CT molecular complexity index is 1060. The van der Waals surface area contributed by atoms with E-state index in [9.17, 15) is 24.6 Å². The molecule has 36 heavy (non-hydrogen) atoms. The van der Waals surface area contributed by atoms with Crippen LogP contribution in [0.5, 0.6) is 11.5 Å². The molecule has 2 aliphatic heterocycles. The first-order valence-corrected chi connectivity index (χ1v) is 12.5. The lowest BCUT2D eigenvalue weighted by molar-refractivity contribution is -0.141. The summed E-state index contributed by atoms with van der Waals surface area (Å²) in [5, 5.41) is 23.6. The summed E-state index contributed by atoms with van der Waals surface area (Å²) >= 11 is 0. The Balaban J connectivity index is 1.57. The Hall–Kier alpha value is -2.95. The molecule has 1 unspecified atom stereocenters. The molecule has 0 bridgehead atoms. The van der Waals surface area contributed by atoms with E-state index in [0.717, 1.165) is 12.8 Å². The molecule has 0 radical (unpaired) electrons. The lowest BCUT2D eigenvalue weighted by atomic mass is 9.77. The Labute approximate surface area is 209 Å². The highest BCUT2D eigenvalue weighted by atomic mass is 16.5. The van der Waals surface area contributed by atoms with E-state index in [-0.39, 0.29) is 25.0 Å². The number of aliphatic hydroxyl groups is 2. The molecule has 2 fully saturated rings. The van der Waals surface area contributed by atoms with Crippen molar-refractivity contribution >= 4 is 18.1 Å². The minimum absolute atomic E-state index is 0.0519. The Morgan fingerprint density at radius 3 is 2.72 bits per heavy atom. The second kappa shape index (κ2) is 10.2. The number of hydrogen-bond acceptors (Lipinski definition) is 8. The molecule has 3 N–H and O–H groups in total. The molecule has 1 saturated heterocycles. The maximum atomic E-state index is 13.6. The number of carbonyl (C=O) groups is 3. The van der Waals surface area contributed by atoms with Gasteiger partial charge in [0.2, 0.25) is 11.8 Å². The van der Waals surface area contributed by atoms with Gasteiger partial charge in [0.15, 0.2) is 11.5 Å². The third-order valence-electron chi connectivity index (χ3n) is 7.48. The molecule has 10 nitrogen and oxygen atoms in total. The van der Waals surface area contributed by atoms with Crippen molar-refractivity contribution in [3.05, 3.63) is 34.9 Å². The fourth-order valence-electron chi connectivity index (χ4n) is 5.46. The summed E-state index contributed by atoms with van der Waals surface area (Å²) < 4.78 is 17.1. The lowest BCUT2D eigenvalue weighted by Crippen LogP contribution is -2.57. The molecule has 1 aromatic rings. The molecule has 194 valence electrons. The fourth-order valence-corrected chi connectivity index (χ4v) is 5.46. The van der Waals surface area contributed by atoms with Crippen molar-refractivity contribution < 1.29 is 38.8 Å². The Kier molecular flexibility index (Phi) is 7.00. The van der Waals surface area contributed by atoms with Gasteiger partial charge in [0.1, 0.15) is 18.5 Å². The van der Waals surface area contributed by atoms with Gasteiger partial charge in [0, 0.05) is 36.4 Å². The maximum absolute atomic E-state index is 13.6. The molecule has 5 atom stereocenters. The molecule has 1 aromatic carbocycles. The topological polar surface area (TPSA) is 135 Å². The minimum atomic E-state index is -1.12. The van der Waals surface area contributed by atoms with Gasteiger partial charge in [-0.25, -0.2) is 0 Å². The molecule has 0 spiro atoms. The lowest BCUT2D eigenvalue weighted by Gasteiger charge is -2.41. The summed E-state index contributed by atoms with van der Waals surface area (Å²) in [5.74, 6) is -0.425. The van der Waals surface area contributed by atoms with Crippen molar-refractivity contribution in [3.63, 3.8) is 0 Å². The average molecular weight is 501 g/mol. The second-order valence-electron chi connectivity index (χ2n) is 9.90. The number of rotatable bonds is 9. The minimum Gasteiger partial charge on any atom is -0.493 e. The highest BCUT2D eigenvalue weighted by Crippen LogP contribution is 2.51. The van der Waals surface area contributed by atoms with Gasteiger partial charge in [-0.15, -0.1) is 0 Å². The van der Waals surface area contributed by atoms with Crippen LogP contribution in [0.15, 0.2) is 23.8 Å². The van der Waals surface area contributed by atoms with Gasteiger partial charge < -0.3 is 34.6 Å². The standard InChI is InChI=1S/C26H32N2O8/c1-34-20-9-15(12-30)8-17-21-18(25(32)27-5-6-29)10-19(22(31)24(21)36-23(17)20)28(11-14-2-3-14)26(33)16-4-7-35-13-16/h8-10,12,14,16,19,21-22,24,29,31H,2-7,11,13H2,1H3,(H,27,32)/t16?,19-,21+,22+,24+/m1/s1. The van der Waals surface area contributed by atoms with Crippen molar-refractivity contribution in [2.24, 2.45) is 11.8 Å². The highest BCUT2D eigenvalue weighted by Gasteiger charge is 2.52. The number of aldehydes is 1. The number of hydrogen-bond donors (Lipinski definition) is 3. The second-order valence-corrected chi connectivity index (χ2v) is 9.90. The summed E-state index contributed by atoms with van der Waals surface area (Å²) in [6.45, 7) is 1.17. The zero-order valence-electron chi connectivity index (χ0n) is 20.2. The summed E-state index contributed by atoms with van der Waals surface area (Å²) in [6, 6.07) is 2.41. The van der Waals surface area contributed by atoms with Crippen LogP contribution in [0.1, 0.15) is 41.1 Å². The van der Waals surface area contributed by atoms with Gasteiger partial charge in [0.05, 0.1) is 38.2 Å². The SMILES string of the molecule is COc1cc(C=O)cc2c1O[C@@H]1[C@@H](O)[C@H](N(CC3CC3)C(=O)C3CCOC3)C=C(C(=O)NCCO)[C@H]21. The van der Waals surface area contributed by atoms with Crippen LogP contribution in [-0.4, -0.2) is 91.5 Å². The van der Waals surface area contributed by atoms with Gasteiger partial charge in [-0.2, -0.15) is 0 Å². The van der Waals surface area contributed by atoms with Gasteiger partial charge >= 0.3 is 0 Å². The van der Waals surface area contributed by atoms with Crippen LogP contribution in [-0.2, 0) is 14.3 Å². The fraction of sp³-hybridized carbons (Fsp3) is 0.577. The Morgan fingerprint density at radius 2 is 2.08 bits per heavy atom. The molecule has 2 aliphatic carbocycles. The summed E-state index contributed by atoms with van der Waals surface area (Å²) in [5.41, 5.74) is 1.24. The Morgan fingerprint density at radius 1 is 1.28 bits per heavy atom. The number of nitrogens with one attached hydrogen (secondary N) is 1. The molecule has 5 rings (SSSR count). The monoisotopic (exact) mass is 500 g/mol. The van der Waals surface area contributed by atoms with E-state index < -0.39 is 30.1 Å². The number of benzene rings is 1. The number of methoxy groups -OCH3 is 1. The summed E-state index contributed by atoms with van der Waals surface area (Å²) in [6.07, 6.45) is 3.01. The number of amides is 2. The van der Waals surface area contributed by atoms with E-state index in [1.807, 2.05) is 0 Å². The van der Waals surface area contributed by atoms with E-state index in [1.165, 1.54) is 7.11 Å². The molecule has 10 heteroatoms. The smallest absolute Gasteiger partial charge is 0.247 e. The van der Waals surface area contributed by atoms with Crippen molar-refractivity contribution in [1.82, 2.24) is 10.2 Å². The van der Waals surface area contributed by atoms with Gasteiger partial charge in [-0.3, -0.25) is 14.4 Å². The number of ether oxygens (including phenoxy) is 3. The molecular weight excluding hydrogens is 468 g/mol. The molecule has 1 saturated carbocycles. The zero-order chi connectivity index (χ0) is 25.4. The van der Waals surface area contributed by atoms with Crippen LogP contribution in [0, 0.1) is 11.8 Å². The maximum Gasteiger partial charge on any atom is 0.247 e. The number of fused-ring (bicyclic) bond motifs is 3. The molecule has 2 amide bonds. The van der Waals surface area contributed by atoms with Crippen molar-refractivity contribution in [3.8, 4) is 11.5 Å². The van der Waals surface area contributed by atoms with Crippen LogP contribution in [0.4, 0.5) is 0 Å². The van der Waals surface area contributed by atoms with Gasteiger partial charge in [-0.1, -0.05) is 0 Å². The normalized spacial score (nSPS) is 28.4. The summed E-state index contributed by atoms with van der Waals surface area (Å²) in [7, 11) is 1.46. The molecule has 2 heterocycles. The number of aliphatic hydroxyl groups excluding tert-OH is 2. The van der Waals surface area contributed by atoms with Crippen LogP contribution in [0.2, 0.25) is 0 Å². The van der Waals surface area contributed by atoms with E-state index in [0.29, 0.717) is 66.6 Å². The number of carbonyl (C=O) groups excluding carboxylic acids is 3. The van der Waals surface area contributed by atoms with E-state index >= 15 is 0 Å². The van der Waals surface area contributed by atoms with Gasteiger partial charge in [-0.05, 0) is 43.4 Å². The van der Waals surface area contributed by atoms with Crippen LogP contribution in [0.25, 0.3) is 0 Å². The molecule has 4 aliphatic rings. The number of nitrogens with zero attached hydrogens (tertiary/aromatic N) is 1. The quantitative estimate of drug-likeness (QED) is 0.415. The van der Waals surface area contributed by atoms with Crippen LogP contribution in [0.3, 0.4) is 0 Å². The predicted octanol–water partition coefficient (Wildman–Crippen LogP) is 0.405. The largest absolute Gasteiger partial charge is 0.493 e. The van der Waals surface area contributed by atoms with E-state index in [1.54, 1.807) is 23.1 Å². The van der Waals surface area contributed by atoms with Crippen LogP contribution < -0.4 is 14.8 Å². The highest BCUT2D eigenvalue weighted by molar-refractivity contribution is 5.96. The third-order valence-corrected chi connectivity index (χ3v) is 7.48. The molecule has 0 aromatic heterocycles. The molecular formula is C26H32N2O8. The van der Waals surface area contributed by atoms with Crippen LogP contribution >= 0.6 is 0 Å². The van der Waals surface area contributed by atoms with Crippen molar-refractivity contribution in [1.29, 1.82) is 0 Å².